The monoisotopic (exact) mass is 257 g/mol. The molecule has 2 rings (SSSR count). The molecule has 0 saturated heterocycles. The summed E-state index contributed by atoms with van der Waals surface area (Å²) < 4.78 is 2.06. The molecule has 1 aromatic carbocycles. The lowest BCUT2D eigenvalue weighted by molar-refractivity contribution is 0.713. The van der Waals surface area contributed by atoms with Crippen LogP contribution >= 0.6 is 0 Å². The van der Waals surface area contributed by atoms with Gasteiger partial charge in [-0.05, 0) is 29.5 Å². The third-order valence-corrected chi connectivity index (χ3v) is 3.38. The van der Waals surface area contributed by atoms with E-state index in [1.165, 1.54) is 16.9 Å². The maximum absolute atomic E-state index is 5.73. The highest BCUT2D eigenvalue weighted by Gasteiger charge is 2.15. The third kappa shape index (κ3) is 2.71. The highest BCUT2D eigenvalue weighted by atomic mass is 15.3. The molecule has 0 aliphatic rings. The zero-order chi connectivity index (χ0) is 14.0. The molecule has 0 radical (unpaired) electrons. The van der Waals surface area contributed by atoms with Crippen molar-refractivity contribution in [2.45, 2.75) is 46.1 Å². The van der Waals surface area contributed by atoms with Crippen LogP contribution in [0.15, 0.2) is 30.3 Å². The van der Waals surface area contributed by atoms with Gasteiger partial charge in [-0.15, -0.1) is 0 Å². The molecule has 0 saturated carbocycles. The molecule has 1 heterocycles. The molecule has 2 aromatic rings. The molecule has 0 amide bonds. The Morgan fingerprint density at radius 1 is 1.11 bits per heavy atom. The third-order valence-electron chi connectivity index (χ3n) is 3.38. The number of benzene rings is 1. The fraction of sp³-hybridized carbons (Fsp3) is 0.438. The van der Waals surface area contributed by atoms with Gasteiger partial charge in [0.2, 0.25) is 0 Å². The summed E-state index contributed by atoms with van der Waals surface area (Å²) >= 11 is 0. The maximum atomic E-state index is 5.73. The number of hydrogen-bond donors (Lipinski definition) is 1. The first kappa shape index (κ1) is 13.8. The topological polar surface area (TPSA) is 43.8 Å². The molecule has 0 aliphatic carbocycles. The van der Waals surface area contributed by atoms with Crippen molar-refractivity contribution in [3.63, 3.8) is 0 Å². The van der Waals surface area contributed by atoms with E-state index in [1.54, 1.807) is 0 Å². The largest absolute Gasteiger partial charge is 0.325 e. The van der Waals surface area contributed by atoms with E-state index in [4.69, 9.17) is 5.73 Å². The van der Waals surface area contributed by atoms with Crippen molar-refractivity contribution in [2.75, 3.05) is 0 Å². The lowest BCUT2D eigenvalue weighted by Gasteiger charge is -2.16. The Bertz CT molecular complexity index is 553. The van der Waals surface area contributed by atoms with Crippen LogP contribution in [0, 0.1) is 0 Å². The summed E-state index contributed by atoms with van der Waals surface area (Å²) in [4.78, 5) is 0. The second-order valence-electron chi connectivity index (χ2n) is 5.54. The Hall–Kier alpha value is -1.61. The van der Waals surface area contributed by atoms with E-state index in [0.29, 0.717) is 18.4 Å². The smallest absolute Gasteiger partial charge is 0.0767 e. The second-order valence-corrected chi connectivity index (χ2v) is 5.54. The molecule has 0 atom stereocenters. The van der Waals surface area contributed by atoms with Crippen LogP contribution in [0.1, 0.15) is 56.5 Å². The van der Waals surface area contributed by atoms with Gasteiger partial charge in [0.05, 0.1) is 11.4 Å². The van der Waals surface area contributed by atoms with Crippen LogP contribution < -0.4 is 5.73 Å². The molecular formula is C16H23N3. The highest BCUT2D eigenvalue weighted by molar-refractivity contribution is 5.44. The maximum Gasteiger partial charge on any atom is 0.0767 e. The Labute approximate surface area is 115 Å². The molecule has 0 aliphatic heterocycles. The van der Waals surface area contributed by atoms with Gasteiger partial charge < -0.3 is 5.73 Å². The molecule has 102 valence electrons. The van der Waals surface area contributed by atoms with Gasteiger partial charge in [0, 0.05) is 12.2 Å². The van der Waals surface area contributed by atoms with Crippen molar-refractivity contribution in [1.82, 2.24) is 9.78 Å². The van der Waals surface area contributed by atoms with E-state index in [0.717, 1.165) is 5.69 Å². The predicted octanol–water partition coefficient (Wildman–Crippen LogP) is 3.58. The number of hydrogen-bond acceptors (Lipinski definition) is 2. The average Bonchev–Trinajstić information content (AvgIpc) is 2.83. The van der Waals surface area contributed by atoms with Crippen LogP contribution in [0.3, 0.4) is 0 Å². The molecule has 19 heavy (non-hydrogen) atoms. The summed E-state index contributed by atoms with van der Waals surface area (Å²) in [6.07, 6.45) is 0. The van der Waals surface area contributed by atoms with E-state index < -0.39 is 0 Å². The normalized spacial score (nSPS) is 11.5. The first-order valence-electron chi connectivity index (χ1n) is 6.92. The minimum atomic E-state index is 0.424. The molecule has 0 bridgehead atoms. The quantitative estimate of drug-likeness (QED) is 0.909. The van der Waals surface area contributed by atoms with E-state index >= 15 is 0 Å². The molecule has 0 fully saturated rings. The number of aromatic nitrogens is 2. The van der Waals surface area contributed by atoms with E-state index in [-0.39, 0.29) is 0 Å². The van der Waals surface area contributed by atoms with Crippen molar-refractivity contribution in [3.8, 4) is 5.69 Å². The van der Waals surface area contributed by atoms with E-state index in [2.05, 4.69) is 67.8 Å². The van der Waals surface area contributed by atoms with Crippen LogP contribution in [0.4, 0.5) is 0 Å². The molecular weight excluding hydrogens is 234 g/mol. The van der Waals surface area contributed by atoms with E-state index in [1.807, 2.05) is 0 Å². The summed E-state index contributed by atoms with van der Waals surface area (Å²) in [7, 11) is 0. The SMILES string of the molecule is CC(C)c1ccccc1-n1nc(CN)cc1C(C)C. The number of para-hydroxylation sites is 1. The summed E-state index contributed by atoms with van der Waals surface area (Å²) in [6.45, 7) is 9.27. The molecule has 3 heteroatoms. The summed E-state index contributed by atoms with van der Waals surface area (Å²) in [5, 5.41) is 4.65. The van der Waals surface area contributed by atoms with Crippen LogP contribution in [0.25, 0.3) is 5.69 Å². The lowest BCUT2D eigenvalue weighted by Crippen LogP contribution is -2.08. The average molecular weight is 257 g/mol. The van der Waals surface area contributed by atoms with Crippen molar-refractivity contribution in [3.05, 3.63) is 47.3 Å². The van der Waals surface area contributed by atoms with Crippen LogP contribution in [0.5, 0.6) is 0 Å². The predicted molar refractivity (Wildman–Crippen MR) is 79.6 cm³/mol. The van der Waals surface area contributed by atoms with Gasteiger partial charge in [-0.1, -0.05) is 45.9 Å². The van der Waals surface area contributed by atoms with Gasteiger partial charge in [-0.2, -0.15) is 5.10 Å². The summed E-state index contributed by atoms with van der Waals surface area (Å²) in [6, 6.07) is 10.6. The van der Waals surface area contributed by atoms with Gasteiger partial charge >= 0.3 is 0 Å². The Morgan fingerprint density at radius 3 is 2.37 bits per heavy atom. The molecule has 0 unspecified atom stereocenters. The zero-order valence-corrected chi connectivity index (χ0v) is 12.2. The van der Waals surface area contributed by atoms with Crippen molar-refractivity contribution >= 4 is 0 Å². The van der Waals surface area contributed by atoms with Crippen LogP contribution in [0.2, 0.25) is 0 Å². The first-order chi connectivity index (χ1) is 9.04. The van der Waals surface area contributed by atoms with Gasteiger partial charge in [0.15, 0.2) is 0 Å². The van der Waals surface area contributed by atoms with Crippen LogP contribution in [-0.4, -0.2) is 9.78 Å². The van der Waals surface area contributed by atoms with Crippen molar-refractivity contribution < 1.29 is 0 Å². The van der Waals surface area contributed by atoms with Crippen molar-refractivity contribution in [2.24, 2.45) is 5.73 Å². The first-order valence-corrected chi connectivity index (χ1v) is 6.92. The summed E-state index contributed by atoms with van der Waals surface area (Å²) in [5.74, 6) is 0.898. The second kappa shape index (κ2) is 5.57. The Balaban J connectivity index is 2.61. The standard InChI is InChI=1S/C16H23N3/c1-11(2)14-7-5-6-8-15(14)19-16(12(3)4)9-13(10-17)18-19/h5-9,11-12H,10,17H2,1-4H3. The zero-order valence-electron chi connectivity index (χ0n) is 12.2. The number of nitrogens with zero attached hydrogens (tertiary/aromatic N) is 2. The number of nitrogens with two attached hydrogens (primary N) is 1. The summed E-state index contributed by atoms with van der Waals surface area (Å²) in [5.41, 5.74) is 10.4. The Morgan fingerprint density at radius 2 is 1.79 bits per heavy atom. The van der Waals surface area contributed by atoms with E-state index in [9.17, 15) is 0 Å². The fourth-order valence-corrected chi connectivity index (χ4v) is 2.32. The molecule has 3 nitrogen and oxygen atoms in total. The van der Waals surface area contributed by atoms with Gasteiger partial charge in [0.25, 0.3) is 0 Å². The molecule has 1 aromatic heterocycles. The number of rotatable bonds is 4. The van der Waals surface area contributed by atoms with Gasteiger partial charge in [-0.3, -0.25) is 0 Å². The fourth-order valence-electron chi connectivity index (χ4n) is 2.32. The minimum absolute atomic E-state index is 0.424. The van der Waals surface area contributed by atoms with Gasteiger partial charge in [-0.25, -0.2) is 4.68 Å². The molecule has 0 spiro atoms. The minimum Gasteiger partial charge on any atom is -0.325 e. The lowest BCUT2D eigenvalue weighted by atomic mass is 10.0. The van der Waals surface area contributed by atoms with Crippen LogP contribution in [-0.2, 0) is 6.54 Å². The highest BCUT2D eigenvalue weighted by Crippen LogP contribution is 2.26. The molecule has 2 N–H and O–H groups in total. The van der Waals surface area contributed by atoms with Crippen molar-refractivity contribution in [1.29, 1.82) is 0 Å². The van der Waals surface area contributed by atoms with Gasteiger partial charge in [0.1, 0.15) is 0 Å². The Kier molecular flexibility index (Phi) is 4.05.